The molecule has 3 aromatic rings. The molecule has 6 heteroatoms. The highest BCUT2D eigenvalue weighted by Crippen LogP contribution is 2.31. The van der Waals surface area contributed by atoms with Gasteiger partial charge in [0.05, 0.1) is 11.6 Å². The van der Waals surface area contributed by atoms with Crippen molar-refractivity contribution in [1.29, 1.82) is 0 Å². The van der Waals surface area contributed by atoms with Crippen LogP contribution in [-0.2, 0) is 0 Å². The van der Waals surface area contributed by atoms with Crippen molar-refractivity contribution in [2.45, 2.75) is 0 Å². The van der Waals surface area contributed by atoms with Crippen LogP contribution in [0.5, 0.6) is 5.75 Å². The van der Waals surface area contributed by atoms with Crippen LogP contribution in [0.3, 0.4) is 0 Å². The number of ether oxygens (including phenoxy) is 1. The molecule has 0 saturated heterocycles. The van der Waals surface area contributed by atoms with Crippen LogP contribution in [0.4, 0.5) is 4.39 Å². The summed E-state index contributed by atoms with van der Waals surface area (Å²) >= 11 is 3.41. The highest BCUT2D eigenvalue weighted by Gasteiger charge is 2.12. The first-order valence-electron chi connectivity index (χ1n) is 6.11. The van der Waals surface area contributed by atoms with Gasteiger partial charge >= 0.3 is 0 Å². The van der Waals surface area contributed by atoms with E-state index in [0.717, 1.165) is 15.8 Å². The maximum atomic E-state index is 12.9. The molecular formula is C15H10BrFN2O2. The summed E-state index contributed by atoms with van der Waals surface area (Å²) in [6, 6.07) is 11.4. The minimum atomic E-state index is -0.308. The summed E-state index contributed by atoms with van der Waals surface area (Å²) in [4.78, 5) is 0. The Labute approximate surface area is 128 Å². The molecule has 0 unspecified atom stereocenters. The lowest BCUT2D eigenvalue weighted by molar-refractivity contribution is 0.412. The van der Waals surface area contributed by atoms with Crippen LogP contribution in [0.1, 0.15) is 0 Å². The van der Waals surface area contributed by atoms with Gasteiger partial charge < -0.3 is 9.15 Å². The van der Waals surface area contributed by atoms with Crippen LogP contribution >= 0.6 is 15.9 Å². The van der Waals surface area contributed by atoms with Gasteiger partial charge in [-0.2, -0.15) is 0 Å². The third kappa shape index (κ3) is 2.80. The molecule has 0 aliphatic rings. The molecule has 0 bridgehead atoms. The van der Waals surface area contributed by atoms with E-state index < -0.39 is 0 Å². The average Bonchev–Trinajstić information content (AvgIpc) is 2.98. The van der Waals surface area contributed by atoms with Crippen LogP contribution < -0.4 is 4.74 Å². The molecule has 0 aliphatic heterocycles. The molecule has 0 spiro atoms. The van der Waals surface area contributed by atoms with Crippen LogP contribution in [-0.4, -0.2) is 17.3 Å². The van der Waals surface area contributed by atoms with Crippen LogP contribution in [0.25, 0.3) is 22.9 Å². The Bertz CT molecular complexity index is 772. The molecule has 0 saturated carbocycles. The van der Waals surface area contributed by atoms with Crippen molar-refractivity contribution in [3.63, 3.8) is 0 Å². The smallest absolute Gasteiger partial charge is 0.248 e. The highest BCUT2D eigenvalue weighted by molar-refractivity contribution is 9.10. The summed E-state index contributed by atoms with van der Waals surface area (Å²) in [7, 11) is 1.60. The van der Waals surface area contributed by atoms with Gasteiger partial charge in [-0.3, -0.25) is 0 Å². The molecule has 1 heterocycles. The Kier molecular flexibility index (Phi) is 3.70. The van der Waals surface area contributed by atoms with Gasteiger partial charge in [0.15, 0.2) is 0 Å². The number of nitrogens with zero attached hydrogens (tertiary/aromatic N) is 2. The Morgan fingerprint density at radius 3 is 2.24 bits per heavy atom. The quantitative estimate of drug-likeness (QED) is 0.707. The van der Waals surface area contributed by atoms with Crippen molar-refractivity contribution >= 4 is 15.9 Å². The Morgan fingerprint density at radius 1 is 1.00 bits per heavy atom. The summed E-state index contributed by atoms with van der Waals surface area (Å²) in [6.45, 7) is 0. The zero-order valence-electron chi connectivity index (χ0n) is 11.0. The molecule has 0 N–H and O–H groups in total. The van der Waals surface area contributed by atoms with E-state index in [0.29, 0.717) is 17.3 Å². The van der Waals surface area contributed by atoms with E-state index in [1.54, 1.807) is 25.3 Å². The largest absolute Gasteiger partial charge is 0.496 e. The Balaban J connectivity index is 1.94. The third-order valence-electron chi connectivity index (χ3n) is 2.91. The van der Waals surface area contributed by atoms with Crippen molar-refractivity contribution in [3.05, 3.63) is 52.8 Å². The first kappa shape index (κ1) is 13.8. The molecule has 0 fully saturated rings. The Hall–Kier alpha value is -2.21. The van der Waals surface area contributed by atoms with E-state index in [2.05, 4.69) is 26.1 Å². The normalized spacial score (nSPS) is 10.6. The number of benzene rings is 2. The van der Waals surface area contributed by atoms with E-state index in [1.165, 1.54) is 12.1 Å². The second-order valence-corrected chi connectivity index (χ2v) is 5.12. The fourth-order valence-electron chi connectivity index (χ4n) is 1.85. The lowest BCUT2D eigenvalue weighted by Gasteiger charge is -2.03. The van der Waals surface area contributed by atoms with Gasteiger partial charge in [0.2, 0.25) is 11.8 Å². The van der Waals surface area contributed by atoms with Gasteiger partial charge in [0.1, 0.15) is 11.6 Å². The summed E-state index contributed by atoms with van der Waals surface area (Å²) in [5.41, 5.74) is 1.44. The van der Waals surface area contributed by atoms with E-state index >= 15 is 0 Å². The predicted molar refractivity (Wildman–Crippen MR) is 79.4 cm³/mol. The fraction of sp³-hybridized carbons (Fsp3) is 0.0667. The molecule has 106 valence electrons. The first-order valence-corrected chi connectivity index (χ1v) is 6.90. The van der Waals surface area contributed by atoms with E-state index in [1.807, 2.05) is 12.1 Å². The molecule has 0 atom stereocenters. The molecule has 3 rings (SSSR count). The average molecular weight is 349 g/mol. The number of hydrogen-bond acceptors (Lipinski definition) is 4. The van der Waals surface area contributed by atoms with E-state index in [4.69, 9.17) is 9.15 Å². The Morgan fingerprint density at radius 2 is 1.62 bits per heavy atom. The van der Waals surface area contributed by atoms with Crippen molar-refractivity contribution < 1.29 is 13.5 Å². The molecule has 0 amide bonds. The number of hydrogen-bond donors (Lipinski definition) is 0. The third-order valence-corrected chi connectivity index (χ3v) is 3.53. The van der Waals surface area contributed by atoms with Crippen LogP contribution in [0.15, 0.2) is 51.4 Å². The topological polar surface area (TPSA) is 48.2 Å². The second-order valence-electron chi connectivity index (χ2n) is 4.27. The zero-order valence-corrected chi connectivity index (χ0v) is 12.6. The SMILES string of the molecule is COc1ccc(-c2nnc(-c3ccc(F)cc3)o2)cc1Br. The standard InChI is InChI=1S/C15H10BrFN2O2/c1-20-13-7-4-10(8-12(13)16)15-19-18-14(21-15)9-2-5-11(17)6-3-9/h2-8H,1H3. The lowest BCUT2D eigenvalue weighted by atomic mass is 10.2. The van der Waals surface area contributed by atoms with Gasteiger partial charge in [-0.1, -0.05) is 0 Å². The zero-order chi connectivity index (χ0) is 14.8. The number of halogens is 2. The molecule has 1 aromatic heterocycles. The second kappa shape index (κ2) is 5.65. The molecule has 0 aliphatic carbocycles. The number of aromatic nitrogens is 2. The maximum absolute atomic E-state index is 12.9. The van der Waals surface area contributed by atoms with Gasteiger partial charge in [0.25, 0.3) is 0 Å². The number of rotatable bonds is 3. The molecule has 2 aromatic carbocycles. The van der Waals surface area contributed by atoms with Crippen molar-refractivity contribution in [3.8, 4) is 28.7 Å². The summed E-state index contributed by atoms with van der Waals surface area (Å²) in [5.74, 6) is 1.14. The van der Waals surface area contributed by atoms with E-state index in [9.17, 15) is 4.39 Å². The molecular weight excluding hydrogens is 339 g/mol. The van der Waals surface area contributed by atoms with Gasteiger partial charge in [-0.05, 0) is 58.4 Å². The van der Waals surface area contributed by atoms with Gasteiger partial charge in [-0.15, -0.1) is 10.2 Å². The van der Waals surface area contributed by atoms with Crippen molar-refractivity contribution in [2.75, 3.05) is 7.11 Å². The van der Waals surface area contributed by atoms with Crippen LogP contribution in [0, 0.1) is 5.82 Å². The molecule has 4 nitrogen and oxygen atoms in total. The first-order chi connectivity index (χ1) is 10.2. The predicted octanol–water partition coefficient (Wildman–Crippen LogP) is 4.31. The van der Waals surface area contributed by atoms with Crippen LogP contribution in [0.2, 0.25) is 0 Å². The van der Waals surface area contributed by atoms with Crippen molar-refractivity contribution in [1.82, 2.24) is 10.2 Å². The number of methoxy groups -OCH3 is 1. The lowest BCUT2D eigenvalue weighted by Crippen LogP contribution is -1.85. The van der Waals surface area contributed by atoms with Gasteiger partial charge in [0, 0.05) is 11.1 Å². The fourth-order valence-corrected chi connectivity index (χ4v) is 2.39. The minimum absolute atomic E-state index is 0.308. The monoisotopic (exact) mass is 348 g/mol. The summed E-state index contributed by atoms with van der Waals surface area (Å²) < 4.78 is 24.5. The molecule has 21 heavy (non-hydrogen) atoms. The van der Waals surface area contributed by atoms with Crippen molar-refractivity contribution in [2.24, 2.45) is 0 Å². The maximum Gasteiger partial charge on any atom is 0.248 e. The molecule has 0 radical (unpaired) electrons. The van der Waals surface area contributed by atoms with Gasteiger partial charge in [-0.25, -0.2) is 4.39 Å². The summed E-state index contributed by atoms with van der Waals surface area (Å²) in [5, 5.41) is 7.99. The minimum Gasteiger partial charge on any atom is -0.496 e. The highest BCUT2D eigenvalue weighted by atomic mass is 79.9. The summed E-state index contributed by atoms with van der Waals surface area (Å²) in [6.07, 6.45) is 0. The van der Waals surface area contributed by atoms with E-state index in [-0.39, 0.29) is 5.82 Å².